The minimum atomic E-state index is -2.77. The SMILES string of the molecule is N#Cc1ccc(C(c2cccc(CN[SH](=O)=O)n2)C(c2cccnc2)c2cccnc2F)cc1. The molecule has 0 bridgehead atoms. The third-order valence-electron chi connectivity index (χ3n) is 5.43. The van der Waals surface area contributed by atoms with Gasteiger partial charge in [0.2, 0.25) is 16.8 Å². The van der Waals surface area contributed by atoms with Gasteiger partial charge in [0.05, 0.1) is 23.9 Å². The first-order valence-electron chi connectivity index (χ1n) is 10.4. The van der Waals surface area contributed by atoms with Gasteiger partial charge < -0.3 is 0 Å². The molecule has 3 aromatic heterocycles. The van der Waals surface area contributed by atoms with Crippen LogP contribution in [0, 0.1) is 17.3 Å². The van der Waals surface area contributed by atoms with E-state index in [0.717, 1.165) is 11.1 Å². The van der Waals surface area contributed by atoms with Crippen molar-refractivity contribution in [3.8, 4) is 6.07 Å². The van der Waals surface area contributed by atoms with Crippen LogP contribution in [-0.4, -0.2) is 23.4 Å². The maximum Gasteiger partial charge on any atom is 0.216 e. The minimum absolute atomic E-state index is 0.0332. The van der Waals surface area contributed by atoms with Crippen LogP contribution < -0.4 is 4.72 Å². The van der Waals surface area contributed by atoms with Crippen LogP contribution in [0.3, 0.4) is 0 Å². The number of nitrogens with zero attached hydrogens (tertiary/aromatic N) is 4. The molecular weight excluding hydrogens is 453 g/mol. The Balaban J connectivity index is 1.92. The zero-order valence-electron chi connectivity index (χ0n) is 17.9. The highest BCUT2D eigenvalue weighted by molar-refractivity contribution is 7.70. The molecule has 0 aliphatic heterocycles. The Bertz CT molecular complexity index is 1380. The van der Waals surface area contributed by atoms with E-state index in [-0.39, 0.29) is 6.54 Å². The minimum Gasteiger partial charge on any atom is -0.264 e. The van der Waals surface area contributed by atoms with Gasteiger partial charge in [-0.15, -0.1) is 0 Å². The molecule has 0 radical (unpaired) electrons. The summed E-state index contributed by atoms with van der Waals surface area (Å²) in [5, 5.41) is 9.24. The molecule has 0 fully saturated rings. The Morgan fingerprint density at radius 1 is 0.941 bits per heavy atom. The van der Waals surface area contributed by atoms with Crippen molar-refractivity contribution >= 4 is 10.9 Å². The monoisotopic (exact) mass is 473 g/mol. The van der Waals surface area contributed by atoms with Crippen molar-refractivity contribution < 1.29 is 12.8 Å². The van der Waals surface area contributed by atoms with Gasteiger partial charge in [-0.1, -0.05) is 30.3 Å². The number of nitriles is 1. The third kappa shape index (κ3) is 5.31. The zero-order chi connectivity index (χ0) is 23.9. The molecule has 9 heteroatoms. The molecule has 2 atom stereocenters. The molecule has 1 N–H and O–H groups in total. The van der Waals surface area contributed by atoms with Crippen molar-refractivity contribution in [3.63, 3.8) is 0 Å². The summed E-state index contributed by atoms with van der Waals surface area (Å²) in [5.41, 5.74) is 3.57. The van der Waals surface area contributed by atoms with Crippen molar-refractivity contribution in [2.45, 2.75) is 18.4 Å². The van der Waals surface area contributed by atoms with Gasteiger partial charge >= 0.3 is 0 Å². The lowest BCUT2D eigenvalue weighted by Gasteiger charge is -2.28. The fourth-order valence-corrected chi connectivity index (χ4v) is 4.25. The standard InChI is InChI=1S/C25H20FN5O2S/c26-25-21(6-3-13-29-25)23(19-4-2-12-28-15-19)24(18-10-8-17(14-27)9-11-18)22-7-1-5-20(31-22)16-30-34(32)33/h1-13,15,23-24,34H,16H2,(H,30,32,33). The normalized spacial score (nSPS) is 12.7. The smallest absolute Gasteiger partial charge is 0.216 e. The van der Waals surface area contributed by atoms with E-state index in [9.17, 15) is 13.7 Å². The quantitative estimate of drug-likeness (QED) is 0.300. The van der Waals surface area contributed by atoms with Gasteiger partial charge in [-0.05, 0) is 47.5 Å². The summed E-state index contributed by atoms with van der Waals surface area (Å²) >= 11 is 0. The van der Waals surface area contributed by atoms with Gasteiger partial charge in [0.15, 0.2) is 0 Å². The van der Waals surface area contributed by atoms with E-state index < -0.39 is 28.7 Å². The molecule has 2 unspecified atom stereocenters. The van der Waals surface area contributed by atoms with Gasteiger partial charge in [-0.2, -0.15) is 9.65 Å². The van der Waals surface area contributed by atoms with Crippen LogP contribution in [-0.2, 0) is 17.4 Å². The Hall–Kier alpha value is -4.00. The van der Waals surface area contributed by atoms with Crippen LogP contribution in [0.5, 0.6) is 0 Å². The fraction of sp³-hybridized carbons (Fsp3) is 0.120. The topological polar surface area (TPSA) is 109 Å². The molecule has 3 heterocycles. The Kier molecular flexibility index (Phi) is 7.32. The van der Waals surface area contributed by atoms with Crippen LogP contribution in [0.1, 0.15) is 45.5 Å². The van der Waals surface area contributed by atoms with E-state index in [2.05, 4.69) is 20.8 Å². The van der Waals surface area contributed by atoms with Gasteiger partial charge in [0, 0.05) is 41.7 Å². The van der Waals surface area contributed by atoms with E-state index in [0.29, 0.717) is 22.5 Å². The van der Waals surface area contributed by atoms with Crippen LogP contribution >= 0.6 is 0 Å². The molecule has 0 saturated heterocycles. The van der Waals surface area contributed by atoms with Crippen molar-refractivity contribution in [2.24, 2.45) is 0 Å². The van der Waals surface area contributed by atoms with E-state index in [1.165, 1.54) is 6.20 Å². The summed E-state index contributed by atoms with van der Waals surface area (Å²) in [6.07, 6.45) is 4.72. The van der Waals surface area contributed by atoms with Gasteiger partial charge in [0.1, 0.15) is 0 Å². The largest absolute Gasteiger partial charge is 0.264 e. The molecule has 0 aliphatic carbocycles. The van der Waals surface area contributed by atoms with Gasteiger partial charge in [0.25, 0.3) is 0 Å². The third-order valence-corrected chi connectivity index (χ3v) is 5.85. The van der Waals surface area contributed by atoms with Crippen LogP contribution in [0.25, 0.3) is 0 Å². The molecule has 7 nitrogen and oxygen atoms in total. The maximum absolute atomic E-state index is 15.1. The summed E-state index contributed by atoms with van der Waals surface area (Å²) < 4.78 is 39.4. The predicted molar refractivity (Wildman–Crippen MR) is 125 cm³/mol. The lowest BCUT2D eigenvalue weighted by Crippen LogP contribution is -2.19. The number of hydrogen-bond donors (Lipinski definition) is 2. The maximum atomic E-state index is 15.1. The molecule has 4 rings (SSSR count). The highest BCUT2D eigenvalue weighted by Crippen LogP contribution is 2.42. The predicted octanol–water partition coefficient (Wildman–Crippen LogP) is 3.46. The summed E-state index contributed by atoms with van der Waals surface area (Å²) in [6, 6.07) is 21.5. The van der Waals surface area contributed by atoms with E-state index >= 15 is 4.39 Å². The molecule has 170 valence electrons. The van der Waals surface area contributed by atoms with Crippen LogP contribution in [0.15, 0.2) is 85.3 Å². The average Bonchev–Trinajstić information content (AvgIpc) is 2.87. The second-order valence-electron chi connectivity index (χ2n) is 7.50. The number of halogens is 1. The van der Waals surface area contributed by atoms with Gasteiger partial charge in [-0.3, -0.25) is 9.97 Å². The number of hydrogen-bond acceptors (Lipinski definition) is 6. The van der Waals surface area contributed by atoms with Crippen LogP contribution in [0.2, 0.25) is 0 Å². The van der Waals surface area contributed by atoms with Crippen molar-refractivity contribution in [2.75, 3.05) is 0 Å². The fourth-order valence-electron chi connectivity index (χ4n) is 3.96. The number of benzene rings is 1. The molecule has 0 amide bonds. The number of pyridine rings is 3. The lowest BCUT2D eigenvalue weighted by molar-refractivity contribution is 0.540. The number of nitrogens with one attached hydrogen (secondary N) is 1. The number of aromatic nitrogens is 3. The lowest BCUT2D eigenvalue weighted by atomic mass is 9.76. The Morgan fingerprint density at radius 2 is 1.74 bits per heavy atom. The number of rotatable bonds is 8. The van der Waals surface area contributed by atoms with Gasteiger partial charge in [-0.25, -0.2) is 18.1 Å². The summed E-state index contributed by atoms with van der Waals surface area (Å²) in [7, 11) is -2.77. The summed E-state index contributed by atoms with van der Waals surface area (Å²) in [4.78, 5) is 12.8. The first kappa shape index (κ1) is 23.2. The van der Waals surface area contributed by atoms with E-state index in [4.69, 9.17) is 4.98 Å². The highest BCUT2D eigenvalue weighted by atomic mass is 32.2. The van der Waals surface area contributed by atoms with Crippen molar-refractivity contribution in [3.05, 3.63) is 125 Å². The van der Waals surface area contributed by atoms with Crippen molar-refractivity contribution in [1.82, 2.24) is 19.7 Å². The first-order chi connectivity index (χ1) is 16.6. The summed E-state index contributed by atoms with van der Waals surface area (Å²) in [5.74, 6) is -1.62. The number of thiol groups is 1. The average molecular weight is 474 g/mol. The Morgan fingerprint density at radius 3 is 2.41 bits per heavy atom. The molecule has 0 aliphatic rings. The molecule has 4 aromatic rings. The molecule has 34 heavy (non-hydrogen) atoms. The Labute approximate surface area is 198 Å². The second-order valence-corrected chi connectivity index (χ2v) is 8.34. The van der Waals surface area contributed by atoms with E-state index in [1.54, 1.807) is 54.9 Å². The molecule has 1 aromatic carbocycles. The molecule has 0 spiro atoms. The van der Waals surface area contributed by atoms with Crippen LogP contribution in [0.4, 0.5) is 4.39 Å². The molecule has 0 saturated carbocycles. The second kappa shape index (κ2) is 10.7. The first-order valence-corrected chi connectivity index (χ1v) is 11.6. The van der Waals surface area contributed by atoms with Crippen molar-refractivity contribution in [1.29, 1.82) is 5.26 Å². The van der Waals surface area contributed by atoms with E-state index in [1.807, 2.05) is 24.3 Å². The zero-order valence-corrected chi connectivity index (χ0v) is 18.8. The molecular formula is C25H20FN5O2S. The summed E-state index contributed by atoms with van der Waals surface area (Å²) in [6.45, 7) is 0.0332. The highest BCUT2D eigenvalue weighted by Gasteiger charge is 2.32.